The maximum atomic E-state index is 12.0. The van der Waals surface area contributed by atoms with E-state index in [4.69, 9.17) is 5.11 Å². The Balaban J connectivity index is 1.87. The first kappa shape index (κ1) is 17.9. The van der Waals surface area contributed by atoms with Crippen LogP contribution < -0.4 is 4.72 Å². The second kappa shape index (κ2) is 8.98. The molecule has 0 unspecified atom stereocenters. The van der Waals surface area contributed by atoms with E-state index in [1.807, 2.05) is 47.2 Å². The first-order valence-electron chi connectivity index (χ1n) is 7.46. The summed E-state index contributed by atoms with van der Waals surface area (Å²) >= 11 is 1.61. The minimum atomic E-state index is -3.45. The molecule has 1 aromatic heterocycles. The summed E-state index contributed by atoms with van der Waals surface area (Å²) in [6, 6.07) is 11.3. The van der Waals surface area contributed by atoms with Gasteiger partial charge in [0.15, 0.2) is 0 Å². The highest BCUT2D eigenvalue weighted by atomic mass is 32.2. The van der Waals surface area contributed by atoms with Crippen LogP contribution in [0.4, 0.5) is 0 Å². The van der Waals surface area contributed by atoms with Gasteiger partial charge in [-0.2, -0.15) is 11.3 Å². The van der Waals surface area contributed by atoms with Gasteiger partial charge in [0.25, 0.3) is 0 Å². The lowest BCUT2D eigenvalue weighted by atomic mass is 9.95. The van der Waals surface area contributed by atoms with Gasteiger partial charge >= 0.3 is 0 Å². The van der Waals surface area contributed by atoms with Crippen LogP contribution in [0.3, 0.4) is 0 Å². The normalized spacial score (nSPS) is 13.4. The zero-order chi connectivity index (χ0) is 16.5. The summed E-state index contributed by atoms with van der Waals surface area (Å²) in [7, 11) is -3.45. The van der Waals surface area contributed by atoms with E-state index in [9.17, 15) is 8.42 Å². The van der Waals surface area contributed by atoms with Gasteiger partial charge in [0, 0.05) is 18.6 Å². The molecule has 1 aromatic carbocycles. The molecule has 0 aliphatic carbocycles. The van der Waals surface area contributed by atoms with Crippen LogP contribution in [0.5, 0.6) is 0 Å². The predicted molar refractivity (Wildman–Crippen MR) is 95.8 cm³/mol. The molecule has 0 aliphatic rings. The minimum Gasteiger partial charge on any atom is -0.396 e. The molecule has 6 heteroatoms. The van der Waals surface area contributed by atoms with E-state index in [0.717, 1.165) is 11.1 Å². The maximum absolute atomic E-state index is 12.0. The molecular weight excluding hydrogens is 330 g/mol. The van der Waals surface area contributed by atoms with Gasteiger partial charge in [-0.05, 0) is 52.8 Å². The van der Waals surface area contributed by atoms with Crippen LogP contribution in [0.15, 0.2) is 52.6 Å². The topological polar surface area (TPSA) is 66.4 Å². The van der Waals surface area contributed by atoms with E-state index in [0.29, 0.717) is 19.4 Å². The number of aliphatic hydroxyl groups excluding tert-OH is 1. The molecule has 0 amide bonds. The van der Waals surface area contributed by atoms with Gasteiger partial charge in [0.2, 0.25) is 10.0 Å². The van der Waals surface area contributed by atoms with Crippen molar-refractivity contribution in [3.63, 3.8) is 0 Å². The highest BCUT2D eigenvalue weighted by Crippen LogP contribution is 2.24. The molecule has 0 spiro atoms. The Labute approximate surface area is 141 Å². The Kier molecular flexibility index (Phi) is 6.98. The summed E-state index contributed by atoms with van der Waals surface area (Å²) in [5.41, 5.74) is 2.00. The van der Waals surface area contributed by atoms with Crippen molar-refractivity contribution in [1.82, 2.24) is 4.72 Å². The largest absolute Gasteiger partial charge is 0.396 e. The standard InChI is InChI=1S/C17H21NO3S2/c19-11-7-16(17-8-12-22-14-17)6-10-18-23(20,21)13-9-15-4-2-1-3-5-15/h1-5,8-9,12-14,16,18-19H,6-7,10-11H2/b13-9+/t16-/m0/s1. The van der Waals surface area contributed by atoms with Gasteiger partial charge in [-0.1, -0.05) is 30.3 Å². The summed E-state index contributed by atoms with van der Waals surface area (Å²) in [4.78, 5) is 0. The molecule has 0 saturated carbocycles. The van der Waals surface area contributed by atoms with Crippen molar-refractivity contribution < 1.29 is 13.5 Å². The van der Waals surface area contributed by atoms with Gasteiger partial charge < -0.3 is 5.11 Å². The highest BCUT2D eigenvalue weighted by Gasteiger charge is 2.13. The van der Waals surface area contributed by atoms with Gasteiger partial charge in [0.05, 0.1) is 0 Å². The zero-order valence-corrected chi connectivity index (χ0v) is 14.4. The van der Waals surface area contributed by atoms with E-state index in [1.54, 1.807) is 17.4 Å². The fourth-order valence-electron chi connectivity index (χ4n) is 2.30. The second-order valence-electron chi connectivity index (χ2n) is 5.21. The van der Waals surface area contributed by atoms with Crippen molar-refractivity contribution >= 4 is 27.4 Å². The maximum Gasteiger partial charge on any atom is 0.233 e. The summed E-state index contributed by atoms with van der Waals surface area (Å²) in [5.74, 6) is 0.173. The molecule has 2 aromatic rings. The number of benzene rings is 1. The first-order chi connectivity index (χ1) is 11.1. The smallest absolute Gasteiger partial charge is 0.233 e. The van der Waals surface area contributed by atoms with Crippen molar-refractivity contribution in [2.75, 3.05) is 13.2 Å². The Morgan fingerprint density at radius 2 is 1.96 bits per heavy atom. The third-order valence-corrected chi connectivity index (χ3v) is 5.33. The van der Waals surface area contributed by atoms with Crippen molar-refractivity contribution in [2.45, 2.75) is 18.8 Å². The lowest BCUT2D eigenvalue weighted by molar-refractivity contribution is 0.273. The number of aliphatic hydroxyl groups is 1. The molecule has 23 heavy (non-hydrogen) atoms. The van der Waals surface area contributed by atoms with E-state index in [-0.39, 0.29) is 12.5 Å². The number of hydrogen-bond donors (Lipinski definition) is 2. The Bertz CT molecular complexity index is 695. The molecule has 2 rings (SSSR count). The van der Waals surface area contributed by atoms with Gasteiger partial charge in [-0.3, -0.25) is 0 Å². The van der Waals surface area contributed by atoms with E-state index in [1.165, 1.54) is 5.41 Å². The van der Waals surface area contributed by atoms with Crippen LogP contribution in [0.1, 0.15) is 29.9 Å². The van der Waals surface area contributed by atoms with Crippen molar-refractivity contribution in [2.24, 2.45) is 0 Å². The zero-order valence-electron chi connectivity index (χ0n) is 12.8. The van der Waals surface area contributed by atoms with Crippen LogP contribution in [-0.2, 0) is 10.0 Å². The molecule has 0 fully saturated rings. The van der Waals surface area contributed by atoms with Crippen molar-refractivity contribution in [1.29, 1.82) is 0 Å². The third-order valence-electron chi connectivity index (χ3n) is 3.53. The number of hydrogen-bond acceptors (Lipinski definition) is 4. The van der Waals surface area contributed by atoms with Crippen molar-refractivity contribution in [3.05, 3.63) is 63.7 Å². The van der Waals surface area contributed by atoms with Crippen LogP contribution in [0.25, 0.3) is 6.08 Å². The summed E-state index contributed by atoms with van der Waals surface area (Å²) < 4.78 is 26.6. The monoisotopic (exact) mass is 351 g/mol. The van der Waals surface area contributed by atoms with Crippen LogP contribution in [0, 0.1) is 0 Å². The lowest BCUT2D eigenvalue weighted by Crippen LogP contribution is -2.24. The Hall–Kier alpha value is -1.47. The summed E-state index contributed by atoms with van der Waals surface area (Å²) in [5, 5.41) is 14.4. The van der Waals surface area contributed by atoms with Crippen LogP contribution in [0.2, 0.25) is 0 Å². The molecule has 2 N–H and O–H groups in total. The lowest BCUT2D eigenvalue weighted by Gasteiger charge is -2.14. The average Bonchev–Trinajstić information content (AvgIpc) is 3.07. The third kappa shape index (κ3) is 6.27. The quantitative estimate of drug-likeness (QED) is 0.729. The van der Waals surface area contributed by atoms with Crippen molar-refractivity contribution in [3.8, 4) is 0 Å². The minimum absolute atomic E-state index is 0.0984. The first-order valence-corrected chi connectivity index (χ1v) is 9.95. The Morgan fingerprint density at radius 1 is 1.17 bits per heavy atom. The van der Waals surface area contributed by atoms with Gasteiger partial charge in [0.1, 0.15) is 0 Å². The van der Waals surface area contributed by atoms with E-state index >= 15 is 0 Å². The Morgan fingerprint density at radius 3 is 2.61 bits per heavy atom. The molecule has 1 heterocycles. The molecule has 0 radical (unpaired) electrons. The number of thiophene rings is 1. The number of nitrogens with one attached hydrogen (secondary N) is 1. The molecule has 0 saturated heterocycles. The average molecular weight is 351 g/mol. The number of rotatable bonds is 9. The SMILES string of the molecule is O=S(=O)(/C=C/c1ccccc1)NCC[C@@H](CCO)c1ccsc1. The fraction of sp³-hybridized carbons (Fsp3) is 0.294. The molecule has 4 nitrogen and oxygen atoms in total. The predicted octanol–water partition coefficient (Wildman–Crippen LogP) is 3.19. The van der Waals surface area contributed by atoms with Crippen LogP contribution >= 0.6 is 11.3 Å². The number of sulfonamides is 1. The molecular formula is C17H21NO3S2. The second-order valence-corrected chi connectivity index (χ2v) is 7.64. The molecule has 1 atom stereocenters. The fourth-order valence-corrected chi connectivity index (χ4v) is 3.87. The van der Waals surface area contributed by atoms with Crippen LogP contribution in [-0.4, -0.2) is 26.7 Å². The summed E-state index contributed by atoms with van der Waals surface area (Å²) in [6.07, 6.45) is 2.88. The van der Waals surface area contributed by atoms with E-state index in [2.05, 4.69) is 4.72 Å². The molecule has 124 valence electrons. The van der Waals surface area contributed by atoms with E-state index < -0.39 is 10.0 Å². The molecule has 0 aliphatic heterocycles. The van der Waals surface area contributed by atoms with Gasteiger partial charge in [-0.25, -0.2) is 13.1 Å². The molecule has 0 bridgehead atoms. The highest BCUT2D eigenvalue weighted by molar-refractivity contribution is 7.92. The summed E-state index contributed by atoms with van der Waals surface area (Å²) in [6.45, 7) is 0.448. The van der Waals surface area contributed by atoms with Gasteiger partial charge in [-0.15, -0.1) is 0 Å².